The molecule has 0 atom stereocenters. The summed E-state index contributed by atoms with van der Waals surface area (Å²) in [5, 5.41) is 23.5. The highest BCUT2D eigenvalue weighted by molar-refractivity contribution is 7.07. The molecule has 0 spiro atoms. The van der Waals surface area contributed by atoms with Crippen LogP contribution < -0.4 is 35.0 Å². The van der Waals surface area contributed by atoms with Gasteiger partial charge in [0, 0.05) is 56.8 Å². The third kappa shape index (κ3) is 8.27. The molecule has 1 aromatic heterocycles. The lowest BCUT2D eigenvalue weighted by Gasteiger charge is -2.36. The first-order chi connectivity index (χ1) is 20.9. The Bertz CT molecular complexity index is 1780. The summed E-state index contributed by atoms with van der Waals surface area (Å²) in [5.41, 5.74) is 8.43. The van der Waals surface area contributed by atoms with Crippen molar-refractivity contribution in [2.45, 2.75) is 19.9 Å². The molecule has 0 unspecified atom stereocenters. The van der Waals surface area contributed by atoms with Gasteiger partial charge < -0.3 is 20.3 Å². The molecule has 10 nitrogen and oxygen atoms in total. The lowest BCUT2D eigenvalue weighted by molar-refractivity contribution is -0.116. The summed E-state index contributed by atoms with van der Waals surface area (Å²) in [6.45, 7) is 6.85. The lowest BCUT2D eigenvalue weighted by atomic mass is 10.1. The van der Waals surface area contributed by atoms with Crippen LogP contribution in [0.4, 0.5) is 11.4 Å². The van der Waals surface area contributed by atoms with Gasteiger partial charge in [-0.3, -0.25) is 19.1 Å². The molecule has 0 bridgehead atoms. The molecule has 1 aliphatic rings. The summed E-state index contributed by atoms with van der Waals surface area (Å²) < 4.78 is 7.34. The van der Waals surface area contributed by atoms with Crippen molar-refractivity contribution in [1.29, 1.82) is 10.5 Å². The van der Waals surface area contributed by atoms with E-state index in [4.69, 9.17) is 10.00 Å². The zero-order valence-corrected chi connectivity index (χ0v) is 25.0. The molecule has 0 radical (unpaired) electrons. The van der Waals surface area contributed by atoms with Crippen LogP contribution in [0.3, 0.4) is 0 Å². The fourth-order valence-electron chi connectivity index (χ4n) is 4.64. The van der Waals surface area contributed by atoms with Gasteiger partial charge in [-0.2, -0.15) is 10.5 Å². The number of hydrogen-bond donors (Lipinski definition) is 2. The molecule has 2 aromatic carbocycles. The van der Waals surface area contributed by atoms with E-state index in [0.717, 1.165) is 61.9 Å². The molecule has 11 heteroatoms. The van der Waals surface area contributed by atoms with Crippen molar-refractivity contribution in [1.82, 2.24) is 14.8 Å². The molecule has 4 rings (SSSR count). The van der Waals surface area contributed by atoms with E-state index < -0.39 is 5.91 Å². The number of rotatable bonds is 10. The number of nitriles is 2. The molecule has 220 valence electrons. The smallest absolute Gasteiger partial charge is 0.277 e. The van der Waals surface area contributed by atoms with E-state index >= 15 is 0 Å². The van der Waals surface area contributed by atoms with E-state index in [0.29, 0.717) is 15.7 Å². The van der Waals surface area contributed by atoms with Crippen molar-refractivity contribution in [3.05, 3.63) is 85.4 Å². The summed E-state index contributed by atoms with van der Waals surface area (Å²) in [6, 6.07) is 19.9. The quantitative estimate of drug-likeness (QED) is 0.206. The fourth-order valence-corrected chi connectivity index (χ4v) is 5.63. The van der Waals surface area contributed by atoms with Gasteiger partial charge in [0.05, 0.1) is 13.2 Å². The maximum absolute atomic E-state index is 12.9. The van der Waals surface area contributed by atoms with Crippen molar-refractivity contribution in [2.75, 3.05) is 56.6 Å². The number of thiazole rings is 1. The van der Waals surface area contributed by atoms with Crippen molar-refractivity contribution in [3.8, 4) is 17.9 Å². The Hall–Kier alpha value is -5.02. The van der Waals surface area contributed by atoms with Gasteiger partial charge in [-0.15, -0.1) is 0 Å². The summed E-state index contributed by atoms with van der Waals surface area (Å²) >= 11 is 1.08. The Labute approximate surface area is 254 Å². The van der Waals surface area contributed by atoms with E-state index in [-0.39, 0.29) is 17.7 Å². The molecular formula is C32H33N7O3S. The second kappa shape index (κ2) is 15.3. The van der Waals surface area contributed by atoms with Gasteiger partial charge in [0.25, 0.3) is 11.5 Å². The number of hydrogen-bond acceptors (Lipinski definition) is 9. The molecule has 1 amide bonds. The second-order valence-electron chi connectivity index (χ2n) is 9.65. The molecule has 3 aromatic rings. The van der Waals surface area contributed by atoms with Crippen molar-refractivity contribution in [2.24, 2.45) is 0 Å². The molecule has 2 heterocycles. The lowest BCUT2D eigenvalue weighted by Crippen LogP contribution is -2.46. The number of methoxy groups -OCH3 is 1. The zero-order chi connectivity index (χ0) is 30.6. The standard InChI is InChI=1S/C32H33N7O3S/c1-3-39-30(22-25(23-34)31(40)36-15-13-33)43-29(32(39)41)11-14-35-26-6-4-5-24(21-26)12-16-37-17-19-38(20-18-37)27-7-9-28(42-2)10-8-27/h4-10,14,21,35H,3,12,15-20H2,1-2H3,(H,36,40). The molecule has 0 saturated carbocycles. The third-order valence-electron chi connectivity index (χ3n) is 6.99. The number of nitrogens with zero attached hydrogens (tertiary/aromatic N) is 5. The Morgan fingerprint density at radius 2 is 1.88 bits per heavy atom. The van der Waals surface area contributed by atoms with Crippen LogP contribution in [-0.4, -0.2) is 61.8 Å². The zero-order valence-electron chi connectivity index (χ0n) is 24.2. The average molecular weight is 596 g/mol. The first kappa shape index (κ1) is 30.9. The van der Waals surface area contributed by atoms with Crippen molar-refractivity contribution in [3.63, 3.8) is 0 Å². The number of benzene rings is 2. The first-order valence-corrected chi connectivity index (χ1v) is 14.7. The Morgan fingerprint density at radius 3 is 2.56 bits per heavy atom. The van der Waals surface area contributed by atoms with E-state index in [9.17, 15) is 14.9 Å². The fraction of sp³-hybridized carbons (Fsp3) is 0.312. The largest absolute Gasteiger partial charge is 0.497 e. The van der Waals surface area contributed by atoms with Gasteiger partial charge >= 0.3 is 0 Å². The van der Waals surface area contributed by atoms with Gasteiger partial charge in [0.2, 0.25) is 0 Å². The Morgan fingerprint density at radius 1 is 1.12 bits per heavy atom. The van der Waals surface area contributed by atoms with E-state index in [1.54, 1.807) is 32.4 Å². The van der Waals surface area contributed by atoms with E-state index in [1.807, 2.05) is 24.3 Å². The third-order valence-corrected chi connectivity index (χ3v) is 8.01. The maximum Gasteiger partial charge on any atom is 0.277 e. The Kier molecular flexibility index (Phi) is 11.0. The number of anilines is 2. The number of carbonyl (C=O) groups is 1. The SMILES string of the molecule is CCn1c(=C=C(C#N)C(=O)NCC#N)sc(=C=CNc2cccc(CCN3CCN(c4ccc(OC)cc4)CC3)c2)c1=O. The highest BCUT2D eigenvalue weighted by atomic mass is 32.1. The molecule has 43 heavy (non-hydrogen) atoms. The molecule has 2 N–H and O–H groups in total. The number of piperazine rings is 1. The van der Waals surface area contributed by atoms with Gasteiger partial charge in [-0.25, -0.2) is 0 Å². The summed E-state index contributed by atoms with van der Waals surface area (Å²) in [7, 11) is 1.68. The number of aromatic nitrogens is 1. The van der Waals surface area contributed by atoms with Gasteiger partial charge in [0.1, 0.15) is 27.6 Å². The van der Waals surface area contributed by atoms with Crippen LogP contribution in [0.15, 0.2) is 65.1 Å². The second-order valence-corrected chi connectivity index (χ2v) is 10.6. The molecular weight excluding hydrogens is 562 g/mol. The van der Waals surface area contributed by atoms with Crippen LogP contribution in [0.5, 0.6) is 5.75 Å². The molecule has 1 saturated heterocycles. The van der Waals surface area contributed by atoms with Crippen molar-refractivity contribution < 1.29 is 9.53 Å². The molecule has 0 aliphatic carbocycles. The van der Waals surface area contributed by atoms with Crippen LogP contribution in [0, 0.1) is 22.7 Å². The van der Waals surface area contributed by atoms with E-state index in [1.165, 1.54) is 15.8 Å². The highest BCUT2D eigenvalue weighted by Gasteiger charge is 2.17. The van der Waals surface area contributed by atoms with Crippen LogP contribution in [-0.2, 0) is 17.8 Å². The topological polar surface area (TPSA) is 126 Å². The number of carbonyl (C=O) groups excluding carboxylic acids is 1. The number of amides is 1. The predicted molar refractivity (Wildman–Crippen MR) is 168 cm³/mol. The minimum absolute atomic E-state index is 0.228. The minimum Gasteiger partial charge on any atom is -0.497 e. The number of ether oxygens (including phenoxy) is 1. The summed E-state index contributed by atoms with van der Waals surface area (Å²) in [4.78, 5) is 29.9. The van der Waals surface area contributed by atoms with Crippen LogP contribution in [0.2, 0.25) is 0 Å². The van der Waals surface area contributed by atoms with Gasteiger partial charge in [0.15, 0.2) is 5.57 Å². The predicted octanol–water partition coefficient (Wildman–Crippen LogP) is 1.78. The van der Waals surface area contributed by atoms with Crippen LogP contribution in [0.1, 0.15) is 12.5 Å². The van der Waals surface area contributed by atoms with E-state index in [2.05, 4.69) is 56.2 Å². The first-order valence-electron chi connectivity index (χ1n) is 13.9. The van der Waals surface area contributed by atoms with Crippen molar-refractivity contribution >= 4 is 40.1 Å². The van der Waals surface area contributed by atoms with Gasteiger partial charge in [-0.1, -0.05) is 34.9 Å². The van der Waals surface area contributed by atoms with Crippen LogP contribution in [0.25, 0.3) is 11.5 Å². The van der Waals surface area contributed by atoms with Crippen LogP contribution >= 0.6 is 11.3 Å². The highest BCUT2D eigenvalue weighted by Crippen LogP contribution is 2.20. The van der Waals surface area contributed by atoms with Gasteiger partial charge in [-0.05, 0) is 55.3 Å². The molecule has 1 fully saturated rings. The molecule has 1 aliphatic heterocycles. The summed E-state index contributed by atoms with van der Waals surface area (Å²) in [6.07, 6.45) is 2.51. The maximum atomic E-state index is 12.9. The number of nitrogens with one attached hydrogen (secondary N) is 2. The normalized spacial score (nSPS) is 12.7. The Balaban J connectivity index is 1.40. The summed E-state index contributed by atoms with van der Waals surface area (Å²) in [5.74, 6) is 0.150. The minimum atomic E-state index is -0.717. The average Bonchev–Trinajstić information content (AvgIpc) is 3.35. The monoisotopic (exact) mass is 595 g/mol.